The van der Waals surface area contributed by atoms with Crippen molar-refractivity contribution in [3.8, 4) is 22.3 Å². The topological polar surface area (TPSA) is 277 Å². The van der Waals surface area contributed by atoms with Gasteiger partial charge in [-0.15, -0.1) is 4.98 Å². The number of nitrogens with one attached hydrogen (secondary N) is 2. The maximum Gasteiger partial charge on any atom is 0.333 e. The van der Waals surface area contributed by atoms with Gasteiger partial charge in [0.05, 0.1) is 17.1 Å². The summed E-state index contributed by atoms with van der Waals surface area (Å²) in [4.78, 5) is 39.3. The van der Waals surface area contributed by atoms with E-state index in [0.717, 1.165) is 11.3 Å². The molecule has 0 saturated carbocycles. The van der Waals surface area contributed by atoms with Crippen LogP contribution in [0.2, 0.25) is 0 Å². The zero-order valence-corrected chi connectivity index (χ0v) is 41.4. The fourth-order valence-corrected chi connectivity index (χ4v) is 8.12. The van der Waals surface area contributed by atoms with Crippen molar-refractivity contribution in [2.45, 2.75) is 62.7 Å². The molecule has 0 radical (unpaired) electrons. The van der Waals surface area contributed by atoms with Crippen molar-refractivity contribution >= 4 is 49.2 Å². The second kappa shape index (κ2) is 22.8. The highest BCUT2D eigenvalue weighted by atomic mass is 32.2. The quantitative estimate of drug-likeness (QED) is 0.0688. The first-order chi connectivity index (χ1) is 32.1. The molecule has 0 aliphatic carbocycles. The van der Waals surface area contributed by atoms with Crippen LogP contribution in [0.4, 0.5) is 30.8 Å². The van der Waals surface area contributed by atoms with E-state index < -0.39 is 37.8 Å². The average molecular weight is 991 g/mol. The number of amides is 3. The van der Waals surface area contributed by atoms with E-state index in [1.54, 1.807) is 40.1 Å². The molecule has 0 atom stereocenters. The smallest absolute Gasteiger partial charge is 0.333 e. The number of carbonyl (C=O) groups excluding carboxylic acids is 2. The fourth-order valence-electron chi connectivity index (χ4n) is 6.67. The van der Waals surface area contributed by atoms with E-state index in [2.05, 4.69) is 30.3 Å². The van der Waals surface area contributed by atoms with Crippen molar-refractivity contribution in [1.29, 1.82) is 0 Å². The third kappa shape index (κ3) is 14.7. The molecule has 0 aliphatic heterocycles. The van der Waals surface area contributed by atoms with Crippen LogP contribution in [0.1, 0.15) is 72.5 Å². The first-order valence-corrected chi connectivity index (χ1v) is 23.9. The van der Waals surface area contributed by atoms with Gasteiger partial charge in [-0.2, -0.15) is 18.6 Å². The van der Waals surface area contributed by atoms with Crippen LogP contribution in [-0.2, 0) is 47.2 Å². The lowest BCUT2D eigenvalue weighted by Gasteiger charge is -2.19. The molecule has 0 fully saturated rings. The summed E-state index contributed by atoms with van der Waals surface area (Å²) in [5, 5.41) is 14.9. The number of sulfonamides is 2. The number of primary sulfonamides is 1. The third-order valence-electron chi connectivity index (χ3n) is 9.95. The minimum Gasteiger partial charge on any atom is -0.398 e. The SMILES string of the molecule is CC(C)c1cc(F)cc(-c2ccnc(C(N)=O)c2)c1NC(=O)NS(=O)(=O)c1cc(CN(C)C)n(C)n1.CN(C)Cc1cc(S(N)(=O)=O)nn1C.[C-]#[N+]c1cc(-c2cc(F)cc(C(C)C)c2N)ccn1. The van der Waals surface area contributed by atoms with Crippen molar-refractivity contribution in [2.24, 2.45) is 25.0 Å². The van der Waals surface area contributed by atoms with E-state index >= 15 is 0 Å². The van der Waals surface area contributed by atoms with Crippen molar-refractivity contribution in [3.63, 3.8) is 0 Å². The number of hydrogen-bond donors (Lipinski definition) is 5. The molecule has 6 aromatic rings. The van der Waals surface area contributed by atoms with Crippen LogP contribution >= 0.6 is 0 Å². The summed E-state index contributed by atoms with van der Waals surface area (Å²) >= 11 is 0. The van der Waals surface area contributed by atoms with Crippen LogP contribution in [0.5, 0.6) is 0 Å². The highest BCUT2D eigenvalue weighted by Crippen LogP contribution is 2.37. The van der Waals surface area contributed by atoms with E-state index in [0.29, 0.717) is 46.7 Å². The maximum atomic E-state index is 14.5. The number of nitrogens with two attached hydrogens (primary N) is 3. The predicted octanol–water partition coefficient (Wildman–Crippen LogP) is 5.69. The lowest BCUT2D eigenvalue weighted by atomic mass is 9.94. The molecule has 368 valence electrons. The van der Waals surface area contributed by atoms with Gasteiger partial charge in [-0.1, -0.05) is 34.3 Å². The summed E-state index contributed by atoms with van der Waals surface area (Å²) in [6.07, 6.45) is 2.86. The van der Waals surface area contributed by atoms with Gasteiger partial charge in [0.2, 0.25) is 0 Å². The van der Waals surface area contributed by atoms with Gasteiger partial charge in [0.25, 0.3) is 31.8 Å². The number of aryl methyl sites for hydroxylation is 2. The minimum absolute atomic E-state index is 0.0514. The van der Waals surface area contributed by atoms with E-state index in [4.69, 9.17) is 23.2 Å². The summed E-state index contributed by atoms with van der Waals surface area (Å²) in [7, 11) is 2.73. The Morgan fingerprint density at radius 1 is 0.754 bits per heavy atom. The van der Waals surface area contributed by atoms with Crippen LogP contribution in [0.3, 0.4) is 0 Å². The molecule has 0 aliphatic rings. The lowest BCUT2D eigenvalue weighted by molar-refractivity contribution is 0.0995. The number of pyridine rings is 2. The van der Waals surface area contributed by atoms with Crippen LogP contribution in [0.25, 0.3) is 27.1 Å². The molecule has 6 rings (SSSR count). The minimum atomic E-state index is -4.31. The molecule has 69 heavy (non-hydrogen) atoms. The Kier molecular flexibility index (Phi) is 17.9. The fraction of sp³-hybridized carbons (Fsp3) is 0.311. The number of anilines is 2. The number of rotatable bonds is 13. The van der Waals surface area contributed by atoms with Crippen molar-refractivity contribution in [1.82, 2.24) is 44.1 Å². The molecule has 4 aromatic heterocycles. The van der Waals surface area contributed by atoms with Crippen LogP contribution in [0.15, 0.2) is 83.1 Å². The zero-order chi connectivity index (χ0) is 51.7. The first-order valence-electron chi connectivity index (χ1n) is 20.9. The first kappa shape index (κ1) is 54.4. The van der Waals surface area contributed by atoms with E-state index in [9.17, 15) is 35.2 Å². The molecule has 0 spiro atoms. The van der Waals surface area contributed by atoms with Gasteiger partial charge in [0.1, 0.15) is 23.5 Å². The molecule has 24 heteroatoms. The third-order valence-corrected chi connectivity index (χ3v) is 11.9. The Labute approximate surface area is 400 Å². The normalized spacial score (nSPS) is 11.5. The van der Waals surface area contributed by atoms with E-state index in [-0.39, 0.29) is 50.5 Å². The second-order valence-electron chi connectivity index (χ2n) is 16.8. The van der Waals surface area contributed by atoms with Gasteiger partial charge in [-0.3, -0.25) is 19.1 Å². The van der Waals surface area contributed by atoms with E-state index in [1.807, 2.05) is 56.6 Å². The van der Waals surface area contributed by atoms with Gasteiger partial charge < -0.3 is 31.4 Å². The summed E-state index contributed by atoms with van der Waals surface area (Å²) in [5.41, 5.74) is 16.6. The van der Waals surface area contributed by atoms with Crippen molar-refractivity contribution in [2.75, 3.05) is 39.2 Å². The maximum absolute atomic E-state index is 14.5. The van der Waals surface area contributed by atoms with Gasteiger partial charge in [0.15, 0.2) is 10.1 Å². The molecule has 4 heterocycles. The number of primary amides is 1. The highest BCUT2D eigenvalue weighted by Gasteiger charge is 2.25. The Morgan fingerprint density at radius 3 is 1.74 bits per heavy atom. The number of benzene rings is 2. The monoisotopic (exact) mass is 990 g/mol. The number of carbonyl (C=O) groups is 2. The van der Waals surface area contributed by atoms with Crippen LogP contribution in [-0.4, -0.2) is 96.3 Å². The molecule has 0 unspecified atom stereocenters. The molecule has 0 saturated heterocycles. The lowest BCUT2D eigenvalue weighted by Crippen LogP contribution is -2.35. The predicted molar refractivity (Wildman–Crippen MR) is 259 cm³/mol. The number of hydrogen-bond acceptors (Lipinski definition) is 13. The Morgan fingerprint density at radius 2 is 1.25 bits per heavy atom. The molecule has 0 bridgehead atoms. The summed E-state index contributed by atoms with van der Waals surface area (Å²) < 4.78 is 80.8. The van der Waals surface area contributed by atoms with Crippen LogP contribution < -0.4 is 26.6 Å². The average Bonchev–Trinajstić information content (AvgIpc) is 3.82. The molecule has 20 nitrogen and oxygen atoms in total. The second-order valence-corrected chi connectivity index (χ2v) is 19.9. The summed E-state index contributed by atoms with van der Waals surface area (Å²) in [6.45, 7) is 15.5. The van der Waals surface area contributed by atoms with Crippen LogP contribution in [0, 0.1) is 18.2 Å². The van der Waals surface area contributed by atoms with E-state index in [1.165, 1.54) is 70.3 Å². The standard InChI is InChI=1S/C23H28FN7O4S.C15H14FN3.C7H14N4O2S/c1-13(2)17-9-15(24)10-18(14-6-7-26-19(8-14)22(25)32)21(17)27-23(33)29-36(34,35)20-11-16(12-30(3)4)31(5)28-20;1-9(2)12-7-11(16)8-13(15(12)17)10-4-5-19-14(6-10)18-3;1-10(2)5-6-4-7(9-11(6)3)14(8,12)13/h6-11,13H,12H2,1-5H3,(H2,25,32)(H2,27,29,33);4-9H,17H2,1-2H3;4H,5H2,1-3H3,(H2,8,12,13). The Hall–Kier alpha value is -7.17. The molecular weight excluding hydrogens is 935 g/mol. The Bertz CT molecular complexity index is 3110. The zero-order valence-electron chi connectivity index (χ0n) is 39.8. The molecular formula is C45H56F2N14O6S2. The number of aromatic nitrogens is 6. The molecule has 2 aromatic carbocycles. The summed E-state index contributed by atoms with van der Waals surface area (Å²) in [6, 6.07) is 13.3. The number of nitrogen functional groups attached to an aromatic ring is 1. The van der Waals surface area contributed by atoms with Crippen molar-refractivity contribution < 1.29 is 35.2 Å². The van der Waals surface area contributed by atoms with Crippen molar-refractivity contribution in [3.05, 3.63) is 124 Å². The Balaban J connectivity index is 0.000000260. The number of halogens is 2. The molecule has 3 amide bonds. The van der Waals surface area contributed by atoms with Gasteiger partial charge in [-0.05, 0) is 111 Å². The molecule has 8 N–H and O–H groups in total. The highest BCUT2D eigenvalue weighted by molar-refractivity contribution is 7.90. The summed E-state index contributed by atoms with van der Waals surface area (Å²) in [5.74, 6) is -1.52. The van der Waals surface area contributed by atoms with Gasteiger partial charge >= 0.3 is 6.03 Å². The largest absolute Gasteiger partial charge is 0.398 e. The van der Waals surface area contributed by atoms with Gasteiger partial charge in [0, 0.05) is 62.3 Å². The number of nitrogens with zero attached hydrogens (tertiary/aromatic N) is 9. The van der Waals surface area contributed by atoms with Gasteiger partial charge in [-0.25, -0.2) is 31.9 Å². The number of urea groups is 1.